The van der Waals surface area contributed by atoms with Gasteiger partial charge in [-0.3, -0.25) is 39.9 Å². The average Bonchev–Trinajstić information content (AvgIpc) is 1.74. The second kappa shape index (κ2) is 51.6. The summed E-state index contributed by atoms with van der Waals surface area (Å²) < 4.78 is 2.14. The van der Waals surface area contributed by atoms with Crippen LogP contribution in [0.1, 0.15) is 236 Å². The summed E-state index contributed by atoms with van der Waals surface area (Å²) in [5, 5.41) is 28.3. The number of aromatic carboxylic acids is 2. The van der Waals surface area contributed by atoms with Gasteiger partial charge in [-0.15, -0.1) is 12.4 Å². The molecule has 0 atom stereocenters. The van der Waals surface area contributed by atoms with Gasteiger partial charge in [0.2, 0.25) is 0 Å². The van der Waals surface area contributed by atoms with Crippen LogP contribution in [-0.2, 0) is 5.60 Å². The largest absolute Gasteiger partial charge is 0.478 e. The van der Waals surface area contributed by atoms with Crippen LogP contribution in [0, 0.1) is 41.5 Å². The fourth-order valence-corrected chi connectivity index (χ4v) is 12.4. The number of carbonyl (C=O) groups is 2. The van der Waals surface area contributed by atoms with Crippen molar-refractivity contribution in [2.24, 2.45) is 0 Å². The molecule has 4 aliphatic rings. The van der Waals surface area contributed by atoms with Crippen LogP contribution in [0.4, 0.5) is 0 Å². The smallest absolute Gasteiger partial charge is 0.336 e. The molecule has 8 aromatic heterocycles. The zero-order valence-electron chi connectivity index (χ0n) is 55.9. The number of aromatic nitrogens is 8. The number of halogens is 3. The predicted octanol–water partition coefficient (Wildman–Crippen LogP) is 25.3. The van der Waals surface area contributed by atoms with E-state index in [1.165, 1.54) is 126 Å². The Morgan fingerprint density at radius 3 is 1.15 bits per heavy atom. The number of benzene rings is 2. The lowest BCUT2D eigenvalue weighted by Gasteiger charge is -2.23. The molecule has 3 fully saturated rings. The summed E-state index contributed by atoms with van der Waals surface area (Å²) in [5.41, 5.74) is 17.9. The number of nitrogens with zero attached hydrogens (tertiary/aromatic N) is 8. The zero-order chi connectivity index (χ0) is 67.8. The lowest BCUT2D eigenvalue weighted by atomic mass is 9.90. The molecule has 0 bridgehead atoms. The first kappa shape index (κ1) is 96.6. The minimum Gasteiger partial charge on any atom is -0.478 e. The highest BCUT2D eigenvalue weighted by Gasteiger charge is 2.34. The molecular weight excluding hydrogens is 1430 g/mol. The van der Waals surface area contributed by atoms with E-state index in [4.69, 9.17) is 10.2 Å². The van der Waals surface area contributed by atoms with Gasteiger partial charge in [0.1, 0.15) is 0 Å². The molecule has 103 heavy (non-hydrogen) atoms. The Bertz CT molecular complexity index is 3930. The normalized spacial score (nSPS) is 13.1. The van der Waals surface area contributed by atoms with E-state index >= 15 is 0 Å². The van der Waals surface area contributed by atoms with Gasteiger partial charge in [-0.25, -0.2) is 9.59 Å². The van der Waals surface area contributed by atoms with Crippen LogP contribution in [0.15, 0.2) is 223 Å². The SMILES string of the molecule is C.C.C.C.C.C.C.Cc1ccncc1-c1ccccc1.Cc1ccncc1Br.Cc1ccncc1Br.Cc1ccncc1C1(O)CCCC1.Cc1ccncc1C1=CCCC1.Cc1ccncc1C1CCCC1.Cl.O=C(O)c1ccncc1-c1ccccc1.O=C(O)c1ccncc1C1CCCC1. The number of carboxylic acids is 2. The summed E-state index contributed by atoms with van der Waals surface area (Å²) in [6.45, 7) is 12.5. The third kappa shape index (κ3) is 30.8. The molecule has 0 spiro atoms. The predicted molar refractivity (Wildman–Crippen MR) is 443 cm³/mol. The van der Waals surface area contributed by atoms with Crippen molar-refractivity contribution in [1.82, 2.24) is 39.9 Å². The molecule has 8 heterocycles. The van der Waals surface area contributed by atoms with E-state index in [-0.39, 0.29) is 70.0 Å². The molecule has 4 aliphatic carbocycles. The first-order valence-electron chi connectivity index (χ1n) is 32.7. The third-order valence-corrected chi connectivity index (χ3v) is 19.0. The van der Waals surface area contributed by atoms with E-state index < -0.39 is 17.5 Å². The van der Waals surface area contributed by atoms with Crippen molar-refractivity contribution in [1.29, 1.82) is 0 Å². The van der Waals surface area contributed by atoms with Gasteiger partial charge in [-0.2, -0.15) is 0 Å². The van der Waals surface area contributed by atoms with Gasteiger partial charge in [0.15, 0.2) is 0 Å². The second-order valence-electron chi connectivity index (χ2n) is 24.1. The third-order valence-electron chi connectivity index (χ3n) is 17.4. The highest BCUT2D eigenvalue weighted by atomic mass is 79.9. The Labute approximate surface area is 641 Å². The van der Waals surface area contributed by atoms with Crippen molar-refractivity contribution < 1.29 is 24.9 Å². The Hall–Kier alpha value is -8.47. The number of rotatable bonds is 8. The lowest BCUT2D eigenvalue weighted by Crippen LogP contribution is -2.22. The number of carboxylic acid groups (broad SMARTS) is 2. The second-order valence-corrected chi connectivity index (χ2v) is 25.8. The summed E-state index contributed by atoms with van der Waals surface area (Å²) in [4.78, 5) is 54.2. The van der Waals surface area contributed by atoms with Gasteiger partial charge in [-0.1, -0.05) is 157 Å². The molecule has 0 saturated heterocycles. The van der Waals surface area contributed by atoms with Crippen LogP contribution in [0.3, 0.4) is 0 Å². The Kier molecular flexibility index (Phi) is 48.4. The average molecular weight is 1550 g/mol. The molecule has 556 valence electrons. The van der Waals surface area contributed by atoms with E-state index in [1.54, 1.807) is 61.8 Å². The maximum Gasteiger partial charge on any atom is 0.336 e. The lowest BCUT2D eigenvalue weighted by molar-refractivity contribution is 0.0434. The summed E-state index contributed by atoms with van der Waals surface area (Å²) in [6, 6.07) is 34.9. The van der Waals surface area contributed by atoms with E-state index in [9.17, 15) is 14.7 Å². The maximum absolute atomic E-state index is 11.0. The fourth-order valence-electron chi connectivity index (χ4n) is 11.9. The summed E-state index contributed by atoms with van der Waals surface area (Å²) >= 11 is 6.67. The van der Waals surface area contributed by atoms with Crippen LogP contribution in [-0.4, -0.2) is 67.1 Å². The van der Waals surface area contributed by atoms with Gasteiger partial charge >= 0.3 is 11.9 Å². The maximum atomic E-state index is 11.0. The number of aryl methyl sites for hydroxylation is 6. The number of allylic oxidation sites excluding steroid dienone is 2. The molecule has 0 unspecified atom stereocenters. The van der Waals surface area contributed by atoms with Crippen molar-refractivity contribution in [2.75, 3.05) is 0 Å². The zero-order valence-corrected chi connectivity index (χ0v) is 59.9. The molecule has 16 heteroatoms. The van der Waals surface area contributed by atoms with Gasteiger partial charge < -0.3 is 15.3 Å². The molecule has 3 saturated carbocycles. The Morgan fingerprint density at radius 2 is 0.748 bits per heavy atom. The monoisotopic (exact) mass is 1550 g/mol. The minimum atomic E-state index is -0.934. The molecular formula is C87H117Br2ClN8O5. The summed E-state index contributed by atoms with van der Waals surface area (Å²) in [6.07, 6.45) is 48.8. The van der Waals surface area contributed by atoms with Gasteiger partial charge in [0.05, 0.1) is 16.7 Å². The van der Waals surface area contributed by atoms with Crippen LogP contribution in [0.5, 0.6) is 0 Å². The fraction of sp³-hybridized carbons (Fsp3) is 0.356. The molecule has 0 radical (unpaired) electrons. The summed E-state index contributed by atoms with van der Waals surface area (Å²) in [7, 11) is 0. The highest BCUT2D eigenvalue weighted by molar-refractivity contribution is 9.10. The van der Waals surface area contributed by atoms with Crippen molar-refractivity contribution in [3.8, 4) is 22.3 Å². The quantitative estimate of drug-likeness (QED) is 0.130. The van der Waals surface area contributed by atoms with E-state index in [0.29, 0.717) is 17.0 Å². The van der Waals surface area contributed by atoms with E-state index in [2.05, 4.69) is 123 Å². The van der Waals surface area contributed by atoms with Gasteiger partial charge in [0.25, 0.3) is 0 Å². The molecule has 3 N–H and O–H groups in total. The Balaban J connectivity index is 0. The minimum absolute atomic E-state index is 0. The molecule has 2 aromatic carbocycles. The number of aliphatic hydroxyl groups is 1. The number of hydrogen-bond acceptors (Lipinski definition) is 11. The highest BCUT2D eigenvalue weighted by Crippen LogP contribution is 2.40. The van der Waals surface area contributed by atoms with Gasteiger partial charge in [0, 0.05) is 125 Å². The van der Waals surface area contributed by atoms with Crippen LogP contribution in [0.25, 0.3) is 27.8 Å². The van der Waals surface area contributed by atoms with Crippen LogP contribution >= 0.6 is 44.3 Å². The molecule has 10 aromatic rings. The first-order valence-corrected chi connectivity index (χ1v) is 34.2. The van der Waals surface area contributed by atoms with Gasteiger partial charge in [-0.05, 0) is 258 Å². The number of pyridine rings is 8. The summed E-state index contributed by atoms with van der Waals surface area (Å²) in [5.74, 6) is -0.556. The van der Waals surface area contributed by atoms with Crippen LogP contribution in [0.2, 0.25) is 0 Å². The van der Waals surface area contributed by atoms with Crippen molar-refractivity contribution in [3.63, 3.8) is 0 Å². The molecule has 14 rings (SSSR count). The number of hydrogen-bond donors (Lipinski definition) is 3. The van der Waals surface area contributed by atoms with Crippen molar-refractivity contribution >= 4 is 61.8 Å². The van der Waals surface area contributed by atoms with E-state index in [0.717, 1.165) is 75.6 Å². The van der Waals surface area contributed by atoms with Crippen molar-refractivity contribution in [2.45, 2.75) is 207 Å². The van der Waals surface area contributed by atoms with Crippen molar-refractivity contribution in [3.05, 3.63) is 290 Å². The Morgan fingerprint density at radius 1 is 0.388 bits per heavy atom. The molecule has 0 amide bonds. The topological polar surface area (TPSA) is 198 Å². The standard InChI is InChI=1S/C12H9NO2.C12H11N.C11H13NO2.C11H15NO.C11H15N.C11H13N.2C6H6BrN.7CH4.ClH/c14-12(15)10-6-7-13-8-11(10)9-4-2-1-3-5-9;1-10-7-8-13-9-12(10)11-5-3-2-4-6-11;13-11(14)9-5-6-12-7-10(9)8-3-1-2-4-8;1-9-4-7-12-8-10(9)11(13)5-2-3-6-11;2*1-9-6-7-12-8-11(9)10-4-2-3-5-10;2*1-5-2-3-8-4-6(5)7;;;;;;;;/h1-8H,(H,14,15);2-9H,1H3;5-8H,1-4H2,(H,13,14);4,7-8,13H,2-3,5-6H2,1H3;6-8,10H,2-5H2,1H3;4,6-8H,2-3,5H2,1H3;2*2-4H,1H3;7*1H4;1H. The molecule has 13 nitrogen and oxygen atoms in total. The van der Waals surface area contributed by atoms with E-state index in [1.807, 2.05) is 131 Å². The first-order chi connectivity index (χ1) is 46.0. The van der Waals surface area contributed by atoms with Crippen LogP contribution < -0.4 is 0 Å². The molecule has 0 aliphatic heterocycles.